The van der Waals surface area contributed by atoms with Crippen molar-refractivity contribution in [1.29, 1.82) is 5.26 Å². The van der Waals surface area contributed by atoms with Crippen LogP contribution in [0, 0.1) is 11.3 Å². The SMILES string of the molecule is N#Cc1ccc(OC2CN(C(=O)NCCCc3ccccc3)C2)nc1. The summed E-state index contributed by atoms with van der Waals surface area (Å²) < 4.78 is 5.67. The molecule has 0 radical (unpaired) electrons. The second-order valence-electron chi connectivity index (χ2n) is 5.96. The molecule has 0 bridgehead atoms. The number of nitrogens with zero attached hydrogens (tertiary/aromatic N) is 3. The number of urea groups is 1. The van der Waals surface area contributed by atoms with Gasteiger partial charge in [0.2, 0.25) is 5.88 Å². The highest BCUT2D eigenvalue weighted by Gasteiger charge is 2.32. The Morgan fingerprint density at radius 1 is 1.28 bits per heavy atom. The average molecular weight is 336 g/mol. The van der Waals surface area contributed by atoms with Crippen molar-refractivity contribution in [3.8, 4) is 11.9 Å². The molecule has 1 aromatic carbocycles. The van der Waals surface area contributed by atoms with Crippen LogP contribution in [0.15, 0.2) is 48.7 Å². The van der Waals surface area contributed by atoms with Gasteiger partial charge in [0, 0.05) is 18.8 Å². The van der Waals surface area contributed by atoms with Gasteiger partial charge in [0.25, 0.3) is 0 Å². The van der Waals surface area contributed by atoms with E-state index >= 15 is 0 Å². The number of rotatable bonds is 6. The van der Waals surface area contributed by atoms with Crippen LogP contribution < -0.4 is 10.1 Å². The molecule has 0 aliphatic carbocycles. The number of carbonyl (C=O) groups is 1. The highest BCUT2D eigenvalue weighted by atomic mass is 16.5. The molecule has 128 valence electrons. The fourth-order valence-corrected chi connectivity index (χ4v) is 2.61. The van der Waals surface area contributed by atoms with Crippen molar-refractivity contribution in [1.82, 2.24) is 15.2 Å². The Morgan fingerprint density at radius 3 is 2.76 bits per heavy atom. The number of amides is 2. The van der Waals surface area contributed by atoms with E-state index in [2.05, 4.69) is 22.4 Å². The topological polar surface area (TPSA) is 78.2 Å². The monoisotopic (exact) mass is 336 g/mol. The molecule has 1 N–H and O–H groups in total. The van der Waals surface area contributed by atoms with Gasteiger partial charge in [-0.3, -0.25) is 0 Å². The van der Waals surface area contributed by atoms with E-state index in [0.717, 1.165) is 12.8 Å². The summed E-state index contributed by atoms with van der Waals surface area (Å²) >= 11 is 0. The van der Waals surface area contributed by atoms with Crippen LogP contribution in [0.2, 0.25) is 0 Å². The zero-order chi connectivity index (χ0) is 17.5. The highest BCUT2D eigenvalue weighted by Crippen LogP contribution is 2.16. The summed E-state index contributed by atoms with van der Waals surface area (Å²) in [5.41, 5.74) is 1.78. The minimum absolute atomic E-state index is 0.0458. The van der Waals surface area contributed by atoms with Crippen molar-refractivity contribution in [2.75, 3.05) is 19.6 Å². The maximum absolute atomic E-state index is 12.0. The summed E-state index contributed by atoms with van der Waals surface area (Å²) in [6.07, 6.45) is 3.30. The lowest BCUT2D eigenvalue weighted by Crippen LogP contribution is -2.59. The smallest absolute Gasteiger partial charge is 0.317 e. The van der Waals surface area contributed by atoms with E-state index in [9.17, 15) is 4.79 Å². The standard InChI is InChI=1S/C19H20N4O2/c20-11-16-8-9-18(22-12-16)25-17-13-23(14-17)19(24)21-10-4-7-15-5-2-1-3-6-15/h1-3,5-6,8-9,12,17H,4,7,10,13-14H2,(H,21,24). The number of pyridine rings is 1. The van der Waals surface area contributed by atoms with Gasteiger partial charge >= 0.3 is 6.03 Å². The number of benzene rings is 1. The van der Waals surface area contributed by atoms with E-state index < -0.39 is 0 Å². The number of aromatic nitrogens is 1. The van der Waals surface area contributed by atoms with Gasteiger partial charge in [0.05, 0.1) is 18.7 Å². The Labute approximate surface area is 147 Å². The van der Waals surface area contributed by atoms with Gasteiger partial charge in [-0.2, -0.15) is 5.26 Å². The van der Waals surface area contributed by atoms with Gasteiger partial charge in [-0.1, -0.05) is 30.3 Å². The third-order valence-electron chi connectivity index (χ3n) is 4.05. The molecule has 3 rings (SSSR count). The van der Waals surface area contributed by atoms with E-state index in [-0.39, 0.29) is 12.1 Å². The van der Waals surface area contributed by atoms with Gasteiger partial charge in [-0.05, 0) is 24.5 Å². The lowest BCUT2D eigenvalue weighted by molar-refractivity contribution is 0.0414. The summed E-state index contributed by atoms with van der Waals surface area (Å²) in [4.78, 5) is 17.8. The zero-order valence-corrected chi connectivity index (χ0v) is 13.9. The number of hydrogen-bond acceptors (Lipinski definition) is 4. The summed E-state index contributed by atoms with van der Waals surface area (Å²) in [6, 6.07) is 15.5. The van der Waals surface area contributed by atoms with E-state index in [4.69, 9.17) is 10.00 Å². The normalized spacial score (nSPS) is 13.6. The predicted octanol–water partition coefficient (Wildman–Crippen LogP) is 2.36. The first-order valence-electron chi connectivity index (χ1n) is 8.34. The molecule has 1 fully saturated rings. The average Bonchev–Trinajstić information content (AvgIpc) is 2.62. The minimum Gasteiger partial charge on any atom is -0.471 e. The van der Waals surface area contributed by atoms with Gasteiger partial charge in [-0.25, -0.2) is 9.78 Å². The summed E-state index contributed by atoms with van der Waals surface area (Å²) in [6.45, 7) is 1.76. The number of aryl methyl sites for hydroxylation is 1. The lowest BCUT2D eigenvalue weighted by atomic mass is 10.1. The van der Waals surface area contributed by atoms with Crippen molar-refractivity contribution >= 4 is 6.03 Å². The van der Waals surface area contributed by atoms with Crippen LogP contribution in [0.3, 0.4) is 0 Å². The van der Waals surface area contributed by atoms with Crippen LogP contribution in [-0.2, 0) is 6.42 Å². The molecule has 25 heavy (non-hydrogen) atoms. The molecule has 1 aliphatic rings. The van der Waals surface area contributed by atoms with E-state index in [0.29, 0.717) is 31.1 Å². The summed E-state index contributed by atoms with van der Waals surface area (Å²) in [5.74, 6) is 0.479. The molecule has 1 saturated heterocycles. The number of carbonyl (C=O) groups excluding carboxylic acids is 1. The highest BCUT2D eigenvalue weighted by molar-refractivity contribution is 5.75. The van der Waals surface area contributed by atoms with Crippen LogP contribution >= 0.6 is 0 Å². The first-order valence-corrected chi connectivity index (χ1v) is 8.34. The quantitative estimate of drug-likeness (QED) is 0.822. The molecule has 1 aliphatic heterocycles. The van der Waals surface area contributed by atoms with Crippen LogP contribution in [0.4, 0.5) is 4.79 Å². The first-order chi connectivity index (χ1) is 12.2. The van der Waals surface area contributed by atoms with Crippen molar-refractivity contribution in [3.05, 3.63) is 59.8 Å². The van der Waals surface area contributed by atoms with Crippen LogP contribution in [0.1, 0.15) is 17.5 Å². The Kier molecular flexibility index (Phi) is 5.47. The predicted molar refractivity (Wildman–Crippen MR) is 93.1 cm³/mol. The molecule has 0 unspecified atom stereocenters. The van der Waals surface area contributed by atoms with E-state index in [1.807, 2.05) is 24.3 Å². The Morgan fingerprint density at radius 2 is 2.08 bits per heavy atom. The molecule has 2 aromatic rings. The summed E-state index contributed by atoms with van der Waals surface area (Å²) in [5, 5.41) is 11.7. The van der Waals surface area contributed by atoms with Crippen molar-refractivity contribution in [2.45, 2.75) is 18.9 Å². The Balaban J connectivity index is 1.32. The van der Waals surface area contributed by atoms with Gasteiger partial charge in [-0.15, -0.1) is 0 Å². The first kappa shape index (κ1) is 16.8. The largest absolute Gasteiger partial charge is 0.471 e. The molecule has 6 nitrogen and oxygen atoms in total. The molecule has 1 aromatic heterocycles. The van der Waals surface area contributed by atoms with Gasteiger partial charge in [0.1, 0.15) is 12.2 Å². The lowest BCUT2D eigenvalue weighted by Gasteiger charge is -2.38. The number of ether oxygens (including phenoxy) is 1. The van der Waals surface area contributed by atoms with Crippen molar-refractivity contribution < 1.29 is 9.53 Å². The number of nitriles is 1. The Hall–Kier alpha value is -3.07. The maximum atomic E-state index is 12.0. The molecule has 0 spiro atoms. The third-order valence-corrected chi connectivity index (χ3v) is 4.05. The van der Waals surface area contributed by atoms with Gasteiger partial charge in [0.15, 0.2) is 0 Å². The number of hydrogen-bond donors (Lipinski definition) is 1. The van der Waals surface area contributed by atoms with Crippen LogP contribution in [0.5, 0.6) is 5.88 Å². The molecule has 6 heteroatoms. The number of nitrogens with one attached hydrogen (secondary N) is 1. The summed E-state index contributed by atoms with van der Waals surface area (Å²) in [7, 11) is 0. The maximum Gasteiger partial charge on any atom is 0.317 e. The Bertz CT molecular complexity index is 734. The second-order valence-corrected chi connectivity index (χ2v) is 5.96. The van der Waals surface area contributed by atoms with Crippen LogP contribution in [-0.4, -0.2) is 41.7 Å². The zero-order valence-electron chi connectivity index (χ0n) is 13.9. The second kappa shape index (κ2) is 8.15. The third kappa shape index (κ3) is 4.70. The molecule has 0 saturated carbocycles. The number of likely N-dealkylation sites (tertiary alicyclic amines) is 1. The molecular formula is C19H20N4O2. The van der Waals surface area contributed by atoms with Crippen molar-refractivity contribution in [3.63, 3.8) is 0 Å². The molecule has 0 atom stereocenters. The van der Waals surface area contributed by atoms with Crippen LogP contribution in [0.25, 0.3) is 0 Å². The fraction of sp³-hybridized carbons (Fsp3) is 0.316. The molecule has 2 amide bonds. The molecular weight excluding hydrogens is 316 g/mol. The molecule has 2 heterocycles. The van der Waals surface area contributed by atoms with Gasteiger partial charge < -0.3 is 15.0 Å². The fourth-order valence-electron chi connectivity index (χ4n) is 2.61. The minimum atomic E-state index is -0.0549. The van der Waals surface area contributed by atoms with E-state index in [1.54, 1.807) is 17.0 Å². The van der Waals surface area contributed by atoms with E-state index in [1.165, 1.54) is 11.8 Å². The van der Waals surface area contributed by atoms with Crippen molar-refractivity contribution in [2.24, 2.45) is 0 Å².